The minimum Gasteiger partial charge on any atom is -0.312 e. The molecule has 0 aromatic carbocycles. The Kier molecular flexibility index (Phi) is 7.39. The molecule has 1 aromatic heterocycles. The lowest BCUT2D eigenvalue weighted by Gasteiger charge is -2.05. The molecule has 0 radical (unpaired) electrons. The largest absolute Gasteiger partial charge is 0.312 e. The molecule has 0 aliphatic heterocycles. The van der Waals surface area contributed by atoms with Gasteiger partial charge in [-0.15, -0.1) is 11.3 Å². The van der Waals surface area contributed by atoms with Gasteiger partial charge in [0.2, 0.25) is 0 Å². The molecule has 114 valence electrons. The van der Waals surface area contributed by atoms with E-state index in [1.54, 1.807) is 0 Å². The SMILES string of the molecule is CCCNCc1sc(CSC2CCCC2)nc1CCC. The summed E-state index contributed by atoms with van der Waals surface area (Å²) in [6.45, 7) is 6.58. The summed E-state index contributed by atoms with van der Waals surface area (Å²) in [5.74, 6) is 1.12. The van der Waals surface area contributed by atoms with Crippen molar-refractivity contribution < 1.29 is 0 Å². The van der Waals surface area contributed by atoms with Crippen LogP contribution in [-0.2, 0) is 18.7 Å². The zero-order valence-electron chi connectivity index (χ0n) is 12.9. The fourth-order valence-electron chi connectivity index (χ4n) is 2.69. The second-order valence-electron chi connectivity index (χ2n) is 5.62. The number of thioether (sulfide) groups is 1. The predicted octanol–water partition coefficient (Wildman–Crippen LogP) is 4.77. The van der Waals surface area contributed by atoms with E-state index >= 15 is 0 Å². The van der Waals surface area contributed by atoms with Crippen molar-refractivity contribution in [1.82, 2.24) is 10.3 Å². The van der Waals surface area contributed by atoms with Crippen molar-refractivity contribution in [2.24, 2.45) is 0 Å². The van der Waals surface area contributed by atoms with Crippen molar-refractivity contribution in [2.45, 2.75) is 76.3 Å². The van der Waals surface area contributed by atoms with Gasteiger partial charge in [0, 0.05) is 22.4 Å². The molecule has 0 atom stereocenters. The second kappa shape index (κ2) is 9.06. The second-order valence-corrected chi connectivity index (χ2v) is 8.08. The number of hydrogen-bond donors (Lipinski definition) is 1. The van der Waals surface area contributed by atoms with Crippen LogP contribution in [0.4, 0.5) is 0 Å². The van der Waals surface area contributed by atoms with Crippen molar-refractivity contribution in [3.8, 4) is 0 Å². The van der Waals surface area contributed by atoms with Gasteiger partial charge in [0.15, 0.2) is 0 Å². The molecule has 1 heterocycles. The number of hydrogen-bond acceptors (Lipinski definition) is 4. The molecule has 1 N–H and O–H groups in total. The summed E-state index contributed by atoms with van der Waals surface area (Å²) >= 11 is 4.07. The van der Waals surface area contributed by atoms with Gasteiger partial charge in [0.1, 0.15) is 5.01 Å². The first-order chi connectivity index (χ1) is 9.83. The Bertz CT molecular complexity index is 384. The highest BCUT2D eigenvalue weighted by Crippen LogP contribution is 2.33. The van der Waals surface area contributed by atoms with Crippen LogP contribution < -0.4 is 5.32 Å². The van der Waals surface area contributed by atoms with Crippen molar-refractivity contribution in [2.75, 3.05) is 6.54 Å². The summed E-state index contributed by atoms with van der Waals surface area (Å²) in [6, 6.07) is 0. The zero-order valence-corrected chi connectivity index (χ0v) is 14.5. The average Bonchev–Trinajstić information content (AvgIpc) is 3.07. The van der Waals surface area contributed by atoms with Crippen LogP contribution in [-0.4, -0.2) is 16.8 Å². The molecule has 0 saturated heterocycles. The lowest BCUT2D eigenvalue weighted by Crippen LogP contribution is -2.13. The van der Waals surface area contributed by atoms with Crippen molar-refractivity contribution in [1.29, 1.82) is 0 Å². The van der Waals surface area contributed by atoms with E-state index in [1.807, 2.05) is 11.3 Å². The van der Waals surface area contributed by atoms with Crippen molar-refractivity contribution in [3.05, 3.63) is 15.6 Å². The van der Waals surface area contributed by atoms with Gasteiger partial charge in [-0.3, -0.25) is 0 Å². The molecule has 0 unspecified atom stereocenters. The zero-order chi connectivity index (χ0) is 14.2. The highest BCUT2D eigenvalue weighted by Gasteiger charge is 2.17. The third-order valence-electron chi connectivity index (χ3n) is 3.77. The van der Waals surface area contributed by atoms with Gasteiger partial charge in [-0.1, -0.05) is 33.1 Å². The molecule has 0 spiro atoms. The maximum atomic E-state index is 4.90. The highest BCUT2D eigenvalue weighted by atomic mass is 32.2. The Morgan fingerprint density at radius 3 is 2.75 bits per heavy atom. The molecule has 4 heteroatoms. The van der Waals surface area contributed by atoms with E-state index in [2.05, 4.69) is 30.9 Å². The molecule has 20 heavy (non-hydrogen) atoms. The Morgan fingerprint density at radius 1 is 1.25 bits per heavy atom. The molecular formula is C16H28N2S2. The topological polar surface area (TPSA) is 24.9 Å². The van der Waals surface area contributed by atoms with Gasteiger partial charge >= 0.3 is 0 Å². The fraction of sp³-hybridized carbons (Fsp3) is 0.812. The number of thiazole rings is 1. The van der Waals surface area contributed by atoms with Crippen LogP contribution in [0.3, 0.4) is 0 Å². The molecule has 0 amide bonds. The molecule has 1 aliphatic rings. The number of rotatable bonds is 9. The van der Waals surface area contributed by atoms with E-state index in [1.165, 1.54) is 54.1 Å². The normalized spacial score (nSPS) is 16.1. The van der Waals surface area contributed by atoms with Crippen LogP contribution in [0.2, 0.25) is 0 Å². The van der Waals surface area contributed by atoms with Gasteiger partial charge < -0.3 is 5.32 Å². The number of aromatic nitrogens is 1. The van der Waals surface area contributed by atoms with Gasteiger partial charge in [0.25, 0.3) is 0 Å². The first-order valence-corrected chi connectivity index (χ1v) is 9.99. The minimum atomic E-state index is 0.898. The van der Waals surface area contributed by atoms with E-state index in [-0.39, 0.29) is 0 Å². The van der Waals surface area contributed by atoms with Crippen LogP contribution in [0.5, 0.6) is 0 Å². The highest BCUT2D eigenvalue weighted by molar-refractivity contribution is 7.99. The molecule has 1 aromatic rings. The van der Waals surface area contributed by atoms with Gasteiger partial charge in [-0.25, -0.2) is 4.98 Å². The first kappa shape index (κ1) is 16.3. The summed E-state index contributed by atoms with van der Waals surface area (Å²) < 4.78 is 0. The van der Waals surface area contributed by atoms with Gasteiger partial charge in [-0.2, -0.15) is 11.8 Å². The maximum Gasteiger partial charge on any atom is 0.103 e. The minimum absolute atomic E-state index is 0.898. The Balaban J connectivity index is 1.88. The van der Waals surface area contributed by atoms with Crippen LogP contribution in [0.25, 0.3) is 0 Å². The smallest absolute Gasteiger partial charge is 0.103 e. The standard InChI is InChI=1S/C16H28N2S2/c1-3-7-14-15(11-17-10-4-2)20-16(18-14)12-19-13-8-5-6-9-13/h13,17H,3-12H2,1-2H3. The Hall–Kier alpha value is -0.0600. The number of nitrogens with zero attached hydrogens (tertiary/aromatic N) is 1. The van der Waals surface area contributed by atoms with Crippen LogP contribution in [0.15, 0.2) is 0 Å². The molecule has 1 saturated carbocycles. The van der Waals surface area contributed by atoms with Crippen LogP contribution in [0, 0.1) is 0 Å². The molecule has 0 bridgehead atoms. The molecule has 1 aliphatic carbocycles. The third kappa shape index (κ3) is 5.05. The van der Waals surface area contributed by atoms with Crippen molar-refractivity contribution in [3.63, 3.8) is 0 Å². The lowest BCUT2D eigenvalue weighted by molar-refractivity contribution is 0.674. The summed E-state index contributed by atoms with van der Waals surface area (Å²) in [6.07, 6.45) is 9.23. The quantitative estimate of drug-likeness (QED) is 0.665. The van der Waals surface area contributed by atoms with Crippen molar-refractivity contribution >= 4 is 23.1 Å². The molecular weight excluding hydrogens is 284 g/mol. The van der Waals surface area contributed by atoms with E-state index in [9.17, 15) is 0 Å². The maximum absolute atomic E-state index is 4.90. The summed E-state index contributed by atoms with van der Waals surface area (Å²) in [5.41, 5.74) is 1.35. The van der Waals surface area contributed by atoms with E-state index in [4.69, 9.17) is 4.98 Å². The monoisotopic (exact) mass is 312 g/mol. The third-order valence-corrected chi connectivity index (χ3v) is 6.43. The van der Waals surface area contributed by atoms with Crippen LogP contribution in [0.1, 0.15) is 68.0 Å². The van der Waals surface area contributed by atoms with Gasteiger partial charge in [-0.05, 0) is 32.2 Å². The lowest BCUT2D eigenvalue weighted by atomic mass is 10.2. The summed E-state index contributed by atoms with van der Waals surface area (Å²) in [7, 11) is 0. The molecule has 1 fully saturated rings. The number of nitrogens with one attached hydrogen (secondary N) is 1. The Labute approximate surface area is 132 Å². The van der Waals surface area contributed by atoms with Crippen LogP contribution >= 0.6 is 23.1 Å². The fourth-order valence-corrected chi connectivity index (χ4v) is 5.12. The van der Waals surface area contributed by atoms with E-state index in [0.717, 1.165) is 30.5 Å². The Morgan fingerprint density at radius 2 is 2.05 bits per heavy atom. The number of aryl methyl sites for hydroxylation is 1. The molecule has 2 nitrogen and oxygen atoms in total. The summed E-state index contributed by atoms with van der Waals surface area (Å²) in [5, 5.41) is 5.77. The van der Waals surface area contributed by atoms with E-state index < -0.39 is 0 Å². The first-order valence-electron chi connectivity index (χ1n) is 8.13. The summed E-state index contributed by atoms with van der Waals surface area (Å²) in [4.78, 5) is 6.37. The van der Waals surface area contributed by atoms with Gasteiger partial charge in [0.05, 0.1) is 5.69 Å². The van der Waals surface area contributed by atoms with E-state index in [0.29, 0.717) is 0 Å². The molecule has 2 rings (SSSR count). The predicted molar refractivity (Wildman–Crippen MR) is 91.7 cm³/mol. The average molecular weight is 313 g/mol.